The molecule has 1 aromatic carbocycles. The van der Waals surface area contributed by atoms with E-state index in [1.54, 1.807) is 0 Å². The molecule has 0 spiro atoms. The monoisotopic (exact) mass is 184 g/mol. The summed E-state index contributed by atoms with van der Waals surface area (Å²) in [5.74, 6) is 0. The fourth-order valence-corrected chi connectivity index (χ4v) is 1.26. The largest absolute Gasteiger partial charge is 0.301 e. The van der Waals surface area contributed by atoms with Crippen LogP contribution < -0.4 is 10.6 Å². The van der Waals surface area contributed by atoms with Crippen LogP contribution in [0.4, 0.5) is 0 Å². The molecule has 0 saturated heterocycles. The van der Waals surface area contributed by atoms with Gasteiger partial charge in [0.1, 0.15) is 0 Å². The van der Waals surface area contributed by atoms with Gasteiger partial charge in [0.25, 0.3) is 0 Å². The first-order chi connectivity index (χ1) is 5.77. The minimum absolute atomic E-state index is 0.197. The zero-order chi connectivity index (χ0) is 8.97. The summed E-state index contributed by atoms with van der Waals surface area (Å²) in [6.07, 6.45) is 0.197. The van der Waals surface area contributed by atoms with E-state index in [-0.39, 0.29) is 6.17 Å². The fraction of sp³-hybridized carbons (Fsp3) is 0.333. The van der Waals surface area contributed by atoms with E-state index in [9.17, 15) is 0 Å². The van der Waals surface area contributed by atoms with E-state index in [0.717, 1.165) is 5.02 Å². The normalized spacial score (nSPS) is 10.7. The predicted molar refractivity (Wildman–Crippen MR) is 52.3 cm³/mol. The van der Waals surface area contributed by atoms with Crippen LogP contribution in [-0.2, 0) is 0 Å². The zero-order valence-electron chi connectivity index (χ0n) is 7.26. The second kappa shape index (κ2) is 4.45. The van der Waals surface area contributed by atoms with Gasteiger partial charge in [-0.1, -0.05) is 23.7 Å². The third-order valence-corrected chi connectivity index (χ3v) is 2.03. The molecule has 0 bridgehead atoms. The Morgan fingerprint density at radius 1 is 1.08 bits per heavy atom. The van der Waals surface area contributed by atoms with E-state index in [2.05, 4.69) is 10.6 Å². The minimum Gasteiger partial charge on any atom is -0.301 e. The molecule has 0 heterocycles. The maximum absolute atomic E-state index is 5.76. The molecule has 66 valence electrons. The van der Waals surface area contributed by atoms with E-state index in [1.807, 2.05) is 38.4 Å². The van der Waals surface area contributed by atoms with Crippen LogP contribution in [-0.4, -0.2) is 14.1 Å². The van der Waals surface area contributed by atoms with Crippen molar-refractivity contribution in [3.8, 4) is 0 Å². The number of rotatable bonds is 3. The summed E-state index contributed by atoms with van der Waals surface area (Å²) in [7, 11) is 3.82. The topological polar surface area (TPSA) is 24.1 Å². The Morgan fingerprint density at radius 2 is 1.58 bits per heavy atom. The Kier molecular flexibility index (Phi) is 3.53. The van der Waals surface area contributed by atoms with Gasteiger partial charge in [-0.15, -0.1) is 0 Å². The molecular weight excluding hydrogens is 172 g/mol. The van der Waals surface area contributed by atoms with Crippen molar-refractivity contribution in [1.29, 1.82) is 0 Å². The van der Waals surface area contributed by atoms with Crippen LogP contribution >= 0.6 is 11.6 Å². The molecule has 3 heteroatoms. The summed E-state index contributed by atoms with van der Waals surface area (Å²) in [5, 5.41) is 7.03. The summed E-state index contributed by atoms with van der Waals surface area (Å²) in [6, 6.07) is 7.77. The van der Waals surface area contributed by atoms with Crippen molar-refractivity contribution >= 4 is 11.6 Å². The summed E-state index contributed by atoms with van der Waals surface area (Å²) in [4.78, 5) is 0. The molecule has 0 aliphatic rings. The van der Waals surface area contributed by atoms with Crippen molar-refractivity contribution in [2.45, 2.75) is 6.17 Å². The summed E-state index contributed by atoms with van der Waals surface area (Å²) in [6.45, 7) is 0. The van der Waals surface area contributed by atoms with Gasteiger partial charge in [-0.25, -0.2) is 0 Å². The molecule has 1 rings (SSSR count). The summed E-state index contributed by atoms with van der Waals surface area (Å²) in [5.41, 5.74) is 1.18. The Labute approximate surface area is 77.9 Å². The summed E-state index contributed by atoms with van der Waals surface area (Å²) < 4.78 is 0. The lowest BCUT2D eigenvalue weighted by Gasteiger charge is -2.15. The number of hydrogen-bond acceptors (Lipinski definition) is 2. The highest BCUT2D eigenvalue weighted by Crippen LogP contribution is 2.13. The van der Waals surface area contributed by atoms with Crippen LogP contribution in [0.25, 0.3) is 0 Å². The van der Waals surface area contributed by atoms with Crippen molar-refractivity contribution in [2.24, 2.45) is 0 Å². The molecule has 0 unspecified atom stereocenters. The molecule has 0 radical (unpaired) electrons. The molecule has 0 atom stereocenters. The first kappa shape index (κ1) is 9.52. The van der Waals surface area contributed by atoms with Crippen molar-refractivity contribution < 1.29 is 0 Å². The van der Waals surface area contributed by atoms with Gasteiger partial charge in [-0.05, 0) is 31.8 Å². The lowest BCUT2D eigenvalue weighted by molar-refractivity contribution is 0.520. The van der Waals surface area contributed by atoms with Crippen LogP contribution in [0.3, 0.4) is 0 Å². The Hall–Kier alpha value is -0.570. The van der Waals surface area contributed by atoms with Gasteiger partial charge >= 0.3 is 0 Å². The molecule has 2 nitrogen and oxygen atoms in total. The average Bonchev–Trinajstić information content (AvgIpc) is 2.10. The van der Waals surface area contributed by atoms with Crippen LogP contribution in [0, 0.1) is 0 Å². The Balaban J connectivity index is 2.80. The second-order valence-corrected chi connectivity index (χ2v) is 3.00. The third-order valence-electron chi connectivity index (χ3n) is 1.78. The van der Waals surface area contributed by atoms with Crippen molar-refractivity contribution in [3.63, 3.8) is 0 Å². The highest BCUT2D eigenvalue weighted by Gasteiger charge is 2.03. The number of benzene rings is 1. The van der Waals surface area contributed by atoms with Crippen molar-refractivity contribution in [1.82, 2.24) is 10.6 Å². The Morgan fingerprint density at radius 3 is 2.00 bits per heavy atom. The summed E-state index contributed by atoms with van der Waals surface area (Å²) >= 11 is 5.76. The van der Waals surface area contributed by atoms with E-state index in [0.29, 0.717) is 0 Å². The quantitative estimate of drug-likeness (QED) is 0.700. The maximum atomic E-state index is 5.76. The first-order valence-corrected chi connectivity index (χ1v) is 4.25. The molecule has 12 heavy (non-hydrogen) atoms. The minimum atomic E-state index is 0.197. The van der Waals surface area contributed by atoms with Gasteiger partial charge in [0.2, 0.25) is 0 Å². The first-order valence-electron chi connectivity index (χ1n) is 3.88. The second-order valence-electron chi connectivity index (χ2n) is 2.56. The lowest BCUT2D eigenvalue weighted by Crippen LogP contribution is -2.28. The van der Waals surface area contributed by atoms with Gasteiger partial charge < -0.3 is 10.6 Å². The smallest absolute Gasteiger partial charge is 0.0830 e. The van der Waals surface area contributed by atoms with E-state index in [4.69, 9.17) is 11.6 Å². The lowest BCUT2D eigenvalue weighted by atomic mass is 10.2. The zero-order valence-corrected chi connectivity index (χ0v) is 8.02. The van der Waals surface area contributed by atoms with Crippen LogP contribution in [0.2, 0.25) is 5.02 Å². The molecule has 0 fully saturated rings. The van der Waals surface area contributed by atoms with Crippen LogP contribution in [0.1, 0.15) is 11.7 Å². The molecule has 0 aliphatic heterocycles. The Bertz CT molecular complexity index is 229. The van der Waals surface area contributed by atoms with Gasteiger partial charge in [-0.3, -0.25) is 0 Å². The highest BCUT2D eigenvalue weighted by molar-refractivity contribution is 6.30. The molecule has 1 aromatic rings. The maximum Gasteiger partial charge on any atom is 0.0830 e. The van der Waals surface area contributed by atoms with E-state index < -0.39 is 0 Å². The average molecular weight is 185 g/mol. The molecule has 0 aliphatic carbocycles. The van der Waals surface area contributed by atoms with Crippen molar-refractivity contribution in [2.75, 3.05) is 14.1 Å². The molecule has 0 amide bonds. The van der Waals surface area contributed by atoms with E-state index >= 15 is 0 Å². The standard InChI is InChI=1S/C9H13ClN2/c1-11-9(12-2)7-3-5-8(10)6-4-7/h3-6,9,11-12H,1-2H3. The predicted octanol–water partition coefficient (Wildman–Crippen LogP) is 1.78. The van der Waals surface area contributed by atoms with Gasteiger partial charge in [0.15, 0.2) is 0 Å². The van der Waals surface area contributed by atoms with Crippen LogP contribution in [0.15, 0.2) is 24.3 Å². The van der Waals surface area contributed by atoms with Gasteiger partial charge in [-0.2, -0.15) is 0 Å². The molecule has 0 saturated carbocycles. The number of hydrogen-bond donors (Lipinski definition) is 2. The van der Waals surface area contributed by atoms with Gasteiger partial charge in [0, 0.05) is 5.02 Å². The van der Waals surface area contributed by atoms with E-state index in [1.165, 1.54) is 5.56 Å². The number of halogens is 1. The SMILES string of the molecule is CNC(NC)c1ccc(Cl)cc1. The molecular formula is C9H13ClN2. The molecule has 0 aromatic heterocycles. The number of nitrogens with one attached hydrogen (secondary N) is 2. The fourth-order valence-electron chi connectivity index (χ4n) is 1.13. The van der Waals surface area contributed by atoms with Crippen molar-refractivity contribution in [3.05, 3.63) is 34.9 Å². The highest BCUT2D eigenvalue weighted by atomic mass is 35.5. The van der Waals surface area contributed by atoms with Gasteiger partial charge in [0.05, 0.1) is 6.17 Å². The third kappa shape index (κ3) is 2.21. The van der Waals surface area contributed by atoms with Crippen LogP contribution in [0.5, 0.6) is 0 Å². The molecule has 2 N–H and O–H groups in total.